The van der Waals surface area contributed by atoms with E-state index in [1.165, 1.54) is 31.2 Å². The molecule has 2 aliphatic rings. The van der Waals surface area contributed by atoms with Crippen LogP contribution in [0.25, 0.3) is 0 Å². The number of carbonyl (C=O) groups excluding carboxylic acids is 1. The van der Waals surface area contributed by atoms with Crippen LogP contribution in [0.4, 0.5) is 0 Å². The van der Waals surface area contributed by atoms with Gasteiger partial charge in [-0.2, -0.15) is 0 Å². The van der Waals surface area contributed by atoms with Crippen LogP contribution in [0.5, 0.6) is 0 Å². The van der Waals surface area contributed by atoms with Crippen molar-refractivity contribution >= 4 is 18.5 Å². The number of hydrogen-bond acceptors (Lipinski definition) is 7. The Kier molecular flexibility index (Phi) is 16.8. The van der Waals surface area contributed by atoms with Gasteiger partial charge in [-0.1, -0.05) is 44.2 Å². The molecule has 0 amide bonds. The molecule has 2 aliphatic heterocycles. The Morgan fingerprint density at radius 1 is 1.09 bits per heavy atom. The van der Waals surface area contributed by atoms with E-state index in [-0.39, 0.29) is 17.6 Å². The predicted octanol–water partition coefficient (Wildman–Crippen LogP) is 7.08. The molecule has 1 aromatic rings. The van der Waals surface area contributed by atoms with E-state index in [0.29, 0.717) is 29.8 Å². The maximum absolute atomic E-state index is 8.45. The summed E-state index contributed by atoms with van der Waals surface area (Å²) in [4.78, 5) is 14.8. The first-order valence-electron chi connectivity index (χ1n) is 16.1. The maximum atomic E-state index is 8.45. The monoisotopic (exact) mass is 598 g/mol. The van der Waals surface area contributed by atoms with Crippen molar-refractivity contribution in [3.8, 4) is 0 Å². The molecule has 0 saturated carbocycles. The summed E-state index contributed by atoms with van der Waals surface area (Å²) < 4.78 is 5.65. The van der Waals surface area contributed by atoms with Crippen LogP contribution >= 0.6 is 0 Å². The number of benzene rings is 1. The average Bonchev–Trinajstić information content (AvgIpc) is 3.61. The van der Waals surface area contributed by atoms with Gasteiger partial charge in [0.1, 0.15) is 18.2 Å². The van der Waals surface area contributed by atoms with Gasteiger partial charge in [0.2, 0.25) is 0 Å². The molecule has 244 valence electrons. The quantitative estimate of drug-likeness (QED) is 0.143. The molecule has 0 bridgehead atoms. The van der Waals surface area contributed by atoms with Crippen molar-refractivity contribution < 1.29 is 9.53 Å². The van der Waals surface area contributed by atoms with Gasteiger partial charge in [-0.25, -0.2) is 0 Å². The van der Waals surface area contributed by atoms with E-state index in [0.717, 1.165) is 38.4 Å². The Balaban J connectivity index is 0.000000549. The first kappa shape index (κ1) is 38.3. The summed E-state index contributed by atoms with van der Waals surface area (Å²) in [6.07, 6.45) is 7.08. The SMILES string of the molecule is C=C(OC(C)(C)C)N1CCCC1.C=O.CNC(CCN1C(C)CCC1CC(C)N(C(C)=N)C(=N)C(C)C)c1ccccc1. The third kappa shape index (κ3) is 12.8. The molecule has 4 atom stereocenters. The van der Waals surface area contributed by atoms with Crippen molar-refractivity contribution in [1.29, 1.82) is 10.8 Å². The molecule has 3 N–H and O–H groups in total. The third-order valence-corrected chi connectivity index (χ3v) is 8.28. The van der Waals surface area contributed by atoms with Crippen molar-refractivity contribution in [3.63, 3.8) is 0 Å². The number of hydrogen-bond donors (Lipinski definition) is 3. The van der Waals surface area contributed by atoms with E-state index >= 15 is 0 Å². The standard InChI is InChI=1S/C24H41N5.C10H19NO.CH2O/c1-17(2)24(26)29(20(5)25)19(4)16-22-13-12-18(3)28(22)15-14-23(27-6)21-10-8-7-9-11-21;1-9(12-10(2,3)4)11-7-5-6-8-11;1-2/h7-11,17-19,22-23,25-27H,12-16H2,1-6H3;1,5-8H2,2-4H3;1H2. The second-order valence-corrected chi connectivity index (χ2v) is 13.2. The molecule has 8 nitrogen and oxygen atoms in total. The van der Waals surface area contributed by atoms with Crippen LogP contribution in [-0.2, 0) is 9.53 Å². The lowest BCUT2D eigenvalue weighted by Gasteiger charge is -2.37. The van der Waals surface area contributed by atoms with E-state index in [1.54, 1.807) is 6.92 Å². The minimum Gasteiger partial charge on any atom is -0.474 e. The molecule has 2 fully saturated rings. The normalized spacial score (nSPS) is 19.9. The Morgan fingerprint density at radius 3 is 2.16 bits per heavy atom. The zero-order chi connectivity index (χ0) is 32.7. The molecule has 2 heterocycles. The molecular formula is C35H62N6O2. The molecule has 43 heavy (non-hydrogen) atoms. The van der Waals surface area contributed by atoms with E-state index in [9.17, 15) is 0 Å². The lowest BCUT2D eigenvalue weighted by molar-refractivity contribution is -0.0980. The van der Waals surface area contributed by atoms with Crippen LogP contribution in [0.3, 0.4) is 0 Å². The fourth-order valence-corrected chi connectivity index (χ4v) is 6.13. The summed E-state index contributed by atoms with van der Waals surface area (Å²) in [5.74, 6) is 2.01. The van der Waals surface area contributed by atoms with E-state index < -0.39 is 0 Å². The summed E-state index contributed by atoms with van der Waals surface area (Å²) in [7, 11) is 2.05. The minimum absolute atomic E-state index is 0.111. The number of nitrogens with zero attached hydrogens (tertiary/aromatic N) is 3. The molecule has 8 heteroatoms. The molecule has 0 aliphatic carbocycles. The molecule has 0 spiro atoms. The maximum Gasteiger partial charge on any atom is 0.182 e. The lowest BCUT2D eigenvalue weighted by atomic mass is 10.0. The smallest absolute Gasteiger partial charge is 0.182 e. The lowest BCUT2D eigenvalue weighted by Crippen LogP contribution is -2.47. The van der Waals surface area contributed by atoms with Crippen LogP contribution in [0, 0.1) is 16.7 Å². The van der Waals surface area contributed by atoms with Gasteiger partial charge in [0.05, 0.1) is 5.84 Å². The second kappa shape index (κ2) is 18.8. The highest BCUT2D eigenvalue weighted by Gasteiger charge is 2.34. The van der Waals surface area contributed by atoms with Crippen LogP contribution < -0.4 is 5.32 Å². The van der Waals surface area contributed by atoms with E-state index in [2.05, 4.69) is 65.9 Å². The fraction of sp³-hybridized carbons (Fsp3) is 0.686. The van der Waals surface area contributed by atoms with Gasteiger partial charge in [-0.15, -0.1) is 0 Å². The van der Waals surface area contributed by atoms with Gasteiger partial charge in [0.15, 0.2) is 5.88 Å². The zero-order valence-corrected chi connectivity index (χ0v) is 28.7. The number of rotatable bonds is 11. The number of likely N-dealkylation sites (tertiary alicyclic amines) is 2. The number of carbonyl (C=O) groups is 1. The van der Waals surface area contributed by atoms with Crippen molar-refractivity contribution in [3.05, 3.63) is 48.4 Å². The van der Waals surface area contributed by atoms with Crippen LogP contribution in [0.2, 0.25) is 0 Å². The first-order chi connectivity index (χ1) is 20.2. The molecule has 0 radical (unpaired) electrons. The van der Waals surface area contributed by atoms with E-state index in [4.69, 9.17) is 20.3 Å². The highest BCUT2D eigenvalue weighted by molar-refractivity contribution is 5.98. The summed E-state index contributed by atoms with van der Waals surface area (Å²) in [5.41, 5.74) is 1.24. The largest absolute Gasteiger partial charge is 0.474 e. The van der Waals surface area contributed by atoms with Crippen LogP contribution in [-0.4, -0.2) is 83.6 Å². The van der Waals surface area contributed by atoms with Gasteiger partial charge in [0, 0.05) is 49.7 Å². The van der Waals surface area contributed by atoms with Crippen LogP contribution in [0.1, 0.15) is 106 Å². The predicted molar refractivity (Wildman–Crippen MR) is 182 cm³/mol. The Bertz CT molecular complexity index is 970. The fourth-order valence-electron chi connectivity index (χ4n) is 6.13. The van der Waals surface area contributed by atoms with Gasteiger partial charge >= 0.3 is 0 Å². The minimum atomic E-state index is -0.111. The molecule has 0 aromatic heterocycles. The zero-order valence-electron chi connectivity index (χ0n) is 28.7. The molecule has 2 saturated heterocycles. The highest BCUT2D eigenvalue weighted by Crippen LogP contribution is 2.30. The second-order valence-electron chi connectivity index (χ2n) is 13.2. The summed E-state index contributed by atoms with van der Waals surface area (Å²) in [6.45, 7) is 25.8. The molecule has 4 unspecified atom stereocenters. The van der Waals surface area contributed by atoms with Crippen molar-refractivity contribution in [2.75, 3.05) is 26.7 Å². The average molecular weight is 599 g/mol. The van der Waals surface area contributed by atoms with Crippen LogP contribution in [0.15, 0.2) is 42.8 Å². The first-order valence-corrected chi connectivity index (χ1v) is 16.1. The van der Waals surface area contributed by atoms with Gasteiger partial charge in [-0.05, 0) is 99.3 Å². The number of amidine groups is 2. The summed E-state index contributed by atoms with van der Waals surface area (Å²) in [6, 6.07) is 12.4. The van der Waals surface area contributed by atoms with Crippen molar-refractivity contribution in [2.24, 2.45) is 5.92 Å². The Labute approximate surface area is 263 Å². The topological polar surface area (TPSA) is 95.8 Å². The van der Waals surface area contributed by atoms with E-state index in [1.807, 2.05) is 53.4 Å². The third-order valence-electron chi connectivity index (χ3n) is 8.28. The van der Waals surface area contributed by atoms with Gasteiger partial charge in [0.25, 0.3) is 0 Å². The number of nitrogens with one attached hydrogen (secondary N) is 3. The van der Waals surface area contributed by atoms with Crippen molar-refractivity contribution in [2.45, 2.75) is 124 Å². The summed E-state index contributed by atoms with van der Waals surface area (Å²) >= 11 is 0. The summed E-state index contributed by atoms with van der Waals surface area (Å²) in [5, 5.41) is 20.1. The molecular weight excluding hydrogens is 536 g/mol. The van der Waals surface area contributed by atoms with Crippen molar-refractivity contribution in [1.82, 2.24) is 20.0 Å². The van der Waals surface area contributed by atoms with Gasteiger partial charge < -0.3 is 24.6 Å². The van der Waals surface area contributed by atoms with Gasteiger partial charge in [-0.3, -0.25) is 15.7 Å². The highest BCUT2D eigenvalue weighted by atomic mass is 16.5. The Hall–Kier alpha value is -2.71. The molecule has 3 rings (SSSR count). The number of ether oxygens (including phenoxy) is 1. The molecule has 1 aromatic carbocycles. The Morgan fingerprint density at radius 2 is 1.67 bits per heavy atom.